The third-order valence-electron chi connectivity index (χ3n) is 3.47. The molecule has 2 rings (SSSR count). The van der Waals surface area contributed by atoms with Crippen molar-refractivity contribution in [3.8, 4) is 0 Å². The van der Waals surface area contributed by atoms with E-state index in [2.05, 4.69) is 10.6 Å². The van der Waals surface area contributed by atoms with Gasteiger partial charge in [0.25, 0.3) is 0 Å². The van der Waals surface area contributed by atoms with Crippen molar-refractivity contribution in [3.63, 3.8) is 0 Å². The molecule has 5 heteroatoms. The van der Waals surface area contributed by atoms with Crippen LogP contribution < -0.4 is 10.6 Å². The first-order chi connectivity index (χ1) is 11.0. The van der Waals surface area contributed by atoms with Gasteiger partial charge >= 0.3 is 0 Å². The average molecular weight is 314 g/mol. The molecule has 2 aromatic carbocycles. The van der Waals surface area contributed by atoms with E-state index in [4.69, 9.17) is 0 Å². The second kappa shape index (κ2) is 7.54. The van der Waals surface area contributed by atoms with Crippen LogP contribution in [-0.4, -0.2) is 11.8 Å². The SMILES string of the molecule is CC(=O)Nc1cccc(NC(=O)CCc2ccc(F)cc2)c1C. The molecule has 0 aliphatic rings. The van der Waals surface area contributed by atoms with Gasteiger partial charge in [-0.05, 0) is 48.7 Å². The van der Waals surface area contributed by atoms with Crippen molar-refractivity contribution in [2.75, 3.05) is 10.6 Å². The number of benzene rings is 2. The molecule has 2 amide bonds. The van der Waals surface area contributed by atoms with Crippen LogP contribution in [0.1, 0.15) is 24.5 Å². The number of rotatable bonds is 5. The molecule has 0 saturated heterocycles. The average Bonchev–Trinajstić information content (AvgIpc) is 2.50. The molecule has 120 valence electrons. The minimum Gasteiger partial charge on any atom is -0.326 e. The van der Waals surface area contributed by atoms with E-state index in [1.54, 1.807) is 30.3 Å². The Morgan fingerprint density at radius 2 is 1.61 bits per heavy atom. The number of nitrogens with one attached hydrogen (secondary N) is 2. The summed E-state index contributed by atoms with van der Waals surface area (Å²) in [5.74, 6) is -0.575. The van der Waals surface area contributed by atoms with E-state index in [-0.39, 0.29) is 17.6 Å². The molecule has 0 aliphatic carbocycles. The maximum absolute atomic E-state index is 12.8. The molecule has 0 bridgehead atoms. The van der Waals surface area contributed by atoms with E-state index in [1.807, 2.05) is 6.92 Å². The fraction of sp³-hybridized carbons (Fsp3) is 0.222. The van der Waals surface area contributed by atoms with Gasteiger partial charge in [0.15, 0.2) is 0 Å². The van der Waals surface area contributed by atoms with E-state index < -0.39 is 0 Å². The van der Waals surface area contributed by atoms with Crippen LogP contribution in [0.25, 0.3) is 0 Å². The minimum atomic E-state index is -0.288. The van der Waals surface area contributed by atoms with Gasteiger partial charge in [-0.25, -0.2) is 4.39 Å². The predicted molar refractivity (Wildman–Crippen MR) is 88.8 cm³/mol. The Balaban J connectivity index is 1.97. The molecule has 0 saturated carbocycles. The number of aryl methyl sites for hydroxylation is 1. The van der Waals surface area contributed by atoms with Crippen LogP contribution in [0.4, 0.5) is 15.8 Å². The number of hydrogen-bond donors (Lipinski definition) is 2. The first kappa shape index (κ1) is 16.7. The molecule has 0 radical (unpaired) electrons. The Bertz CT molecular complexity index is 711. The number of anilines is 2. The highest BCUT2D eigenvalue weighted by atomic mass is 19.1. The van der Waals surface area contributed by atoms with Gasteiger partial charge in [0.05, 0.1) is 0 Å². The van der Waals surface area contributed by atoms with Crippen LogP contribution in [0.15, 0.2) is 42.5 Å². The summed E-state index contributed by atoms with van der Waals surface area (Å²) in [5.41, 5.74) is 3.05. The summed E-state index contributed by atoms with van der Waals surface area (Å²) in [5, 5.41) is 5.57. The Labute approximate surface area is 134 Å². The second-order valence-electron chi connectivity index (χ2n) is 5.33. The molecule has 0 aliphatic heterocycles. The fourth-order valence-electron chi connectivity index (χ4n) is 2.22. The highest BCUT2D eigenvalue weighted by molar-refractivity contribution is 5.95. The Kier molecular flexibility index (Phi) is 5.46. The fourth-order valence-corrected chi connectivity index (χ4v) is 2.22. The third-order valence-corrected chi connectivity index (χ3v) is 3.47. The molecule has 0 spiro atoms. The molecule has 0 aromatic heterocycles. The van der Waals surface area contributed by atoms with Crippen molar-refractivity contribution in [1.82, 2.24) is 0 Å². The molecular formula is C18H19FN2O2. The zero-order valence-electron chi connectivity index (χ0n) is 13.2. The van der Waals surface area contributed by atoms with E-state index in [9.17, 15) is 14.0 Å². The second-order valence-corrected chi connectivity index (χ2v) is 5.33. The molecule has 0 fully saturated rings. The normalized spacial score (nSPS) is 10.2. The third kappa shape index (κ3) is 4.92. The van der Waals surface area contributed by atoms with Gasteiger partial charge in [-0.15, -0.1) is 0 Å². The largest absolute Gasteiger partial charge is 0.326 e. The molecule has 0 heterocycles. The van der Waals surface area contributed by atoms with Gasteiger partial charge in [0.2, 0.25) is 11.8 Å². The number of carbonyl (C=O) groups is 2. The molecule has 2 aromatic rings. The molecule has 2 N–H and O–H groups in total. The van der Waals surface area contributed by atoms with Gasteiger partial charge in [0, 0.05) is 24.7 Å². The summed E-state index contributed by atoms with van der Waals surface area (Å²) in [6, 6.07) is 11.5. The van der Waals surface area contributed by atoms with Gasteiger partial charge in [-0.2, -0.15) is 0 Å². The van der Waals surface area contributed by atoms with E-state index in [0.717, 1.165) is 11.1 Å². The monoisotopic (exact) mass is 314 g/mol. The van der Waals surface area contributed by atoms with Crippen molar-refractivity contribution < 1.29 is 14.0 Å². The van der Waals surface area contributed by atoms with Crippen molar-refractivity contribution in [2.45, 2.75) is 26.7 Å². The predicted octanol–water partition coefficient (Wildman–Crippen LogP) is 3.66. The maximum Gasteiger partial charge on any atom is 0.224 e. The van der Waals surface area contributed by atoms with Crippen LogP contribution in [0.3, 0.4) is 0 Å². The van der Waals surface area contributed by atoms with Crippen LogP contribution in [-0.2, 0) is 16.0 Å². The van der Waals surface area contributed by atoms with Crippen molar-refractivity contribution in [3.05, 3.63) is 59.4 Å². The maximum atomic E-state index is 12.8. The van der Waals surface area contributed by atoms with Crippen LogP contribution in [0.2, 0.25) is 0 Å². The molecular weight excluding hydrogens is 295 g/mol. The van der Waals surface area contributed by atoms with Gasteiger partial charge in [-0.1, -0.05) is 18.2 Å². The van der Waals surface area contributed by atoms with Gasteiger partial charge < -0.3 is 10.6 Å². The van der Waals surface area contributed by atoms with E-state index >= 15 is 0 Å². The molecule has 0 atom stereocenters. The van der Waals surface area contributed by atoms with Crippen LogP contribution >= 0.6 is 0 Å². The standard InChI is InChI=1S/C18H19FN2O2/c1-12-16(20-13(2)22)4-3-5-17(12)21-18(23)11-8-14-6-9-15(19)10-7-14/h3-7,9-10H,8,11H2,1-2H3,(H,20,22)(H,21,23). The first-order valence-corrected chi connectivity index (χ1v) is 7.37. The van der Waals surface area contributed by atoms with E-state index in [1.165, 1.54) is 19.1 Å². The molecule has 4 nitrogen and oxygen atoms in total. The van der Waals surface area contributed by atoms with Crippen molar-refractivity contribution in [1.29, 1.82) is 0 Å². The van der Waals surface area contributed by atoms with Crippen molar-refractivity contribution in [2.24, 2.45) is 0 Å². The Morgan fingerprint density at radius 3 is 2.22 bits per heavy atom. The lowest BCUT2D eigenvalue weighted by Crippen LogP contribution is -2.14. The quantitative estimate of drug-likeness (QED) is 0.885. The zero-order valence-corrected chi connectivity index (χ0v) is 13.2. The lowest BCUT2D eigenvalue weighted by Gasteiger charge is -2.12. The first-order valence-electron chi connectivity index (χ1n) is 7.37. The Morgan fingerprint density at radius 1 is 1.00 bits per heavy atom. The van der Waals surface area contributed by atoms with Crippen LogP contribution in [0.5, 0.6) is 0 Å². The molecule has 0 unspecified atom stereocenters. The minimum absolute atomic E-state index is 0.127. The van der Waals surface area contributed by atoms with Crippen molar-refractivity contribution >= 4 is 23.2 Å². The Hall–Kier alpha value is -2.69. The number of amides is 2. The highest BCUT2D eigenvalue weighted by Crippen LogP contribution is 2.23. The lowest BCUT2D eigenvalue weighted by atomic mass is 10.1. The number of hydrogen-bond acceptors (Lipinski definition) is 2. The molecule has 23 heavy (non-hydrogen) atoms. The van der Waals surface area contributed by atoms with E-state index in [0.29, 0.717) is 24.2 Å². The zero-order chi connectivity index (χ0) is 16.8. The highest BCUT2D eigenvalue weighted by Gasteiger charge is 2.09. The summed E-state index contributed by atoms with van der Waals surface area (Å²) in [4.78, 5) is 23.2. The summed E-state index contributed by atoms with van der Waals surface area (Å²) < 4.78 is 12.8. The number of carbonyl (C=O) groups excluding carboxylic acids is 2. The van der Waals surface area contributed by atoms with Crippen LogP contribution in [0, 0.1) is 12.7 Å². The summed E-state index contributed by atoms with van der Waals surface area (Å²) in [6.45, 7) is 3.27. The smallest absolute Gasteiger partial charge is 0.224 e. The van der Waals surface area contributed by atoms with Gasteiger partial charge in [-0.3, -0.25) is 9.59 Å². The number of halogens is 1. The summed E-state index contributed by atoms with van der Waals surface area (Å²) in [6.07, 6.45) is 0.839. The van der Waals surface area contributed by atoms with Gasteiger partial charge in [0.1, 0.15) is 5.82 Å². The summed E-state index contributed by atoms with van der Waals surface area (Å²) >= 11 is 0. The topological polar surface area (TPSA) is 58.2 Å². The summed E-state index contributed by atoms with van der Waals surface area (Å²) in [7, 11) is 0. The lowest BCUT2D eigenvalue weighted by molar-refractivity contribution is -0.116.